The fourth-order valence-electron chi connectivity index (χ4n) is 4.99. The summed E-state index contributed by atoms with van der Waals surface area (Å²) in [5, 5.41) is 13.2. The molecule has 2 aliphatic rings. The second-order valence-corrected chi connectivity index (χ2v) is 9.05. The highest BCUT2D eigenvalue weighted by molar-refractivity contribution is 6.23. The molecule has 1 aliphatic heterocycles. The first kappa shape index (κ1) is 21.6. The second kappa shape index (κ2) is 9.74. The Morgan fingerprint density at radius 1 is 0.879 bits per heavy atom. The lowest BCUT2D eigenvalue weighted by molar-refractivity contribution is -0.121. The molecule has 168 valence electrons. The molecule has 0 aromatic heterocycles. The van der Waals surface area contributed by atoms with Gasteiger partial charge in [0.2, 0.25) is 5.91 Å². The van der Waals surface area contributed by atoms with Gasteiger partial charge in [0.15, 0.2) is 0 Å². The first-order valence-corrected chi connectivity index (χ1v) is 11.8. The van der Waals surface area contributed by atoms with Gasteiger partial charge in [0.1, 0.15) is 0 Å². The molecular formula is C29H30N2O2. The number of aliphatic hydroxyl groups is 1. The Hall–Kier alpha value is -3.21. The number of nitrogens with zero attached hydrogens (tertiary/aromatic N) is 1. The minimum atomic E-state index is -0.242. The average molecular weight is 439 g/mol. The highest BCUT2D eigenvalue weighted by Gasteiger charge is 2.43. The molecule has 1 amide bonds. The van der Waals surface area contributed by atoms with Crippen molar-refractivity contribution in [2.75, 3.05) is 26.2 Å². The zero-order valence-electron chi connectivity index (χ0n) is 18.7. The van der Waals surface area contributed by atoms with Gasteiger partial charge < -0.3 is 10.4 Å². The molecule has 1 aliphatic carbocycles. The summed E-state index contributed by atoms with van der Waals surface area (Å²) >= 11 is 0. The van der Waals surface area contributed by atoms with Crippen molar-refractivity contribution < 1.29 is 9.90 Å². The van der Waals surface area contributed by atoms with Crippen molar-refractivity contribution in [1.29, 1.82) is 0 Å². The number of β-amino-alcohol motifs (C(OH)–C–C–N with tert-alkyl or cyclic N) is 1. The number of aliphatic hydroxyl groups excluding tert-OH is 1. The highest BCUT2D eigenvalue weighted by Crippen LogP contribution is 2.53. The van der Waals surface area contributed by atoms with Crippen LogP contribution >= 0.6 is 0 Å². The van der Waals surface area contributed by atoms with Crippen LogP contribution in [0.3, 0.4) is 0 Å². The van der Waals surface area contributed by atoms with Gasteiger partial charge in [0.25, 0.3) is 0 Å². The van der Waals surface area contributed by atoms with Gasteiger partial charge in [-0.15, -0.1) is 0 Å². The summed E-state index contributed by atoms with van der Waals surface area (Å²) in [7, 11) is 0. The third kappa shape index (κ3) is 4.92. The summed E-state index contributed by atoms with van der Waals surface area (Å²) in [5.74, 6) is 0.0366. The monoisotopic (exact) mass is 438 g/mol. The van der Waals surface area contributed by atoms with Crippen molar-refractivity contribution in [1.82, 2.24) is 10.2 Å². The van der Waals surface area contributed by atoms with Crippen LogP contribution in [0.2, 0.25) is 0 Å². The summed E-state index contributed by atoms with van der Waals surface area (Å²) < 4.78 is 0. The van der Waals surface area contributed by atoms with E-state index in [9.17, 15) is 9.90 Å². The SMILES string of the molecule is O=C(NCC(CN1CCC(O)C1)c1ccccc1)C1C(c2ccccc2)=C1c1ccccc1. The first-order chi connectivity index (χ1) is 16.2. The molecule has 3 aromatic rings. The number of carbonyl (C=O) groups is 1. The van der Waals surface area contributed by atoms with Gasteiger partial charge in [-0.25, -0.2) is 0 Å². The van der Waals surface area contributed by atoms with Gasteiger partial charge in [0.05, 0.1) is 12.0 Å². The van der Waals surface area contributed by atoms with Crippen molar-refractivity contribution in [3.8, 4) is 0 Å². The lowest BCUT2D eigenvalue weighted by atomic mass is 9.98. The molecule has 33 heavy (non-hydrogen) atoms. The molecule has 0 spiro atoms. The number of likely N-dealkylation sites (tertiary alicyclic amines) is 1. The predicted octanol–water partition coefficient (Wildman–Crippen LogP) is 4.19. The van der Waals surface area contributed by atoms with Crippen LogP contribution in [0, 0.1) is 5.92 Å². The predicted molar refractivity (Wildman–Crippen MR) is 132 cm³/mol. The van der Waals surface area contributed by atoms with Crippen LogP contribution in [0.4, 0.5) is 0 Å². The van der Waals surface area contributed by atoms with Gasteiger partial charge in [-0.2, -0.15) is 0 Å². The van der Waals surface area contributed by atoms with Gasteiger partial charge in [-0.3, -0.25) is 9.69 Å². The van der Waals surface area contributed by atoms with Crippen LogP contribution < -0.4 is 5.32 Å². The molecule has 4 heteroatoms. The minimum Gasteiger partial charge on any atom is -0.392 e. The molecule has 1 fully saturated rings. The van der Waals surface area contributed by atoms with Gasteiger partial charge in [-0.1, -0.05) is 91.0 Å². The maximum absolute atomic E-state index is 13.4. The number of benzene rings is 3. The summed E-state index contributed by atoms with van der Waals surface area (Å²) in [6, 6.07) is 30.8. The molecule has 1 saturated heterocycles. The third-order valence-corrected chi connectivity index (χ3v) is 6.74. The van der Waals surface area contributed by atoms with Crippen LogP contribution in [0.1, 0.15) is 29.0 Å². The Labute approximate surface area is 195 Å². The van der Waals surface area contributed by atoms with E-state index in [0.29, 0.717) is 13.1 Å². The van der Waals surface area contributed by atoms with Crippen LogP contribution in [-0.2, 0) is 4.79 Å². The number of nitrogens with one attached hydrogen (secondary N) is 1. The molecule has 2 N–H and O–H groups in total. The summed E-state index contributed by atoms with van der Waals surface area (Å²) in [4.78, 5) is 15.7. The van der Waals surface area contributed by atoms with Crippen LogP contribution in [-0.4, -0.2) is 48.2 Å². The molecule has 0 radical (unpaired) electrons. The Morgan fingerprint density at radius 2 is 1.42 bits per heavy atom. The molecule has 0 saturated carbocycles. The molecule has 3 aromatic carbocycles. The third-order valence-electron chi connectivity index (χ3n) is 6.74. The van der Waals surface area contributed by atoms with E-state index in [1.165, 1.54) is 5.56 Å². The number of hydrogen-bond donors (Lipinski definition) is 2. The van der Waals surface area contributed by atoms with E-state index < -0.39 is 0 Å². The normalized spacial score (nSPS) is 19.5. The van der Waals surface area contributed by atoms with E-state index in [2.05, 4.69) is 46.6 Å². The van der Waals surface area contributed by atoms with Crippen molar-refractivity contribution >= 4 is 17.1 Å². The van der Waals surface area contributed by atoms with Crippen molar-refractivity contribution in [2.45, 2.75) is 18.4 Å². The fraction of sp³-hybridized carbons (Fsp3) is 0.276. The molecule has 1 heterocycles. The molecule has 5 rings (SSSR count). The van der Waals surface area contributed by atoms with E-state index in [1.54, 1.807) is 0 Å². The van der Waals surface area contributed by atoms with Gasteiger partial charge >= 0.3 is 0 Å². The maximum atomic E-state index is 13.4. The maximum Gasteiger partial charge on any atom is 0.232 e. The Balaban J connectivity index is 1.31. The zero-order valence-corrected chi connectivity index (χ0v) is 18.7. The standard InChI is InChI=1S/C29H30N2O2/c32-25-16-17-31(20-25)19-24(21-10-4-1-5-11-21)18-30-29(33)28-26(22-12-6-2-7-13-22)27(28)23-14-8-3-9-15-23/h1-15,24-25,28,32H,16-20H2,(H,30,33). The topological polar surface area (TPSA) is 52.6 Å². The van der Waals surface area contributed by atoms with Gasteiger partial charge in [-0.05, 0) is 34.3 Å². The number of hydrogen-bond acceptors (Lipinski definition) is 3. The lowest BCUT2D eigenvalue weighted by Gasteiger charge is -2.24. The summed E-state index contributed by atoms with van der Waals surface area (Å²) in [5.41, 5.74) is 5.69. The molecule has 2 unspecified atom stereocenters. The van der Waals surface area contributed by atoms with Gasteiger partial charge in [0, 0.05) is 32.1 Å². The van der Waals surface area contributed by atoms with Crippen LogP contribution in [0.25, 0.3) is 11.1 Å². The van der Waals surface area contributed by atoms with E-state index in [-0.39, 0.29) is 23.8 Å². The van der Waals surface area contributed by atoms with E-state index >= 15 is 0 Å². The van der Waals surface area contributed by atoms with Crippen LogP contribution in [0.15, 0.2) is 91.0 Å². The van der Waals surface area contributed by atoms with Crippen LogP contribution in [0.5, 0.6) is 0 Å². The molecule has 0 bridgehead atoms. The smallest absolute Gasteiger partial charge is 0.232 e. The quantitative estimate of drug-likeness (QED) is 0.554. The van der Waals surface area contributed by atoms with Crippen molar-refractivity contribution in [2.24, 2.45) is 5.92 Å². The molecular weight excluding hydrogens is 408 g/mol. The molecule has 2 atom stereocenters. The van der Waals surface area contributed by atoms with E-state index in [0.717, 1.165) is 41.8 Å². The van der Waals surface area contributed by atoms with Crippen molar-refractivity contribution in [3.05, 3.63) is 108 Å². The largest absolute Gasteiger partial charge is 0.392 e. The Bertz CT molecular complexity index is 1060. The Kier molecular flexibility index (Phi) is 6.38. The Morgan fingerprint density at radius 3 is 1.94 bits per heavy atom. The average Bonchev–Trinajstić information content (AvgIpc) is 3.49. The van der Waals surface area contributed by atoms with E-state index in [4.69, 9.17) is 0 Å². The first-order valence-electron chi connectivity index (χ1n) is 11.8. The second-order valence-electron chi connectivity index (χ2n) is 9.05. The minimum absolute atomic E-state index is 0.0649. The summed E-state index contributed by atoms with van der Waals surface area (Å²) in [6.07, 6.45) is 0.578. The number of carbonyl (C=O) groups excluding carboxylic acids is 1. The fourth-order valence-corrected chi connectivity index (χ4v) is 4.99. The number of amides is 1. The van der Waals surface area contributed by atoms with E-state index in [1.807, 2.05) is 54.6 Å². The zero-order chi connectivity index (χ0) is 22.6. The number of rotatable bonds is 8. The summed E-state index contributed by atoms with van der Waals surface area (Å²) in [6.45, 7) is 3.02. The van der Waals surface area contributed by atoms with Crippen molar-refractivity contribution in [3.63, 3.8) is 0 Å². The lowest BCUT2D eigenvalue weighted by Crippen LogP contribution is -2.36. The molecule has 4 nitrogen and oxygen atoms in total. The highest BCUT2D eigenvalue weighted by atomic mass is 16.3.